The molecule has 0 atom stereocenters. The van der Waals surface area contributed by atoms with Crippen LogP contribution in [0, 0.1) is 0 Å². The van der Waals surface area contributed by atoms with Crippen LogP contribution in [0.2, 0.25) is 0 Å². The first-order chi connectivity index (χ1) is 11.7. The molecule has 2 aliphatic rings. The van der Waals surface area contributed by atoms with E-state index in [-0.39, 0.29) is 11.8 Å². The van der Waals surface area contributed by atoms with Gasteiger partial charge in [0.15, 0.2) is 0 Å². The van der Waals surface area contributed by atoms with Gasteiger partial charge in [0.05, 0.1) is 0 Å². The summed E-state index contributed by atoms with van der Waals surface area (Å²) < 4.78 is 0. The maximum Gasteiger partial charge on any atom is 0.253 e. The Morgan fingerprint density at radius 3 is 1.38 bits per heavy atom. The highest BCUT2D eigenvalue weighted by Gasteiger charge is 2.21. The number of nitrogens with zero attached hydrogens (tertiary/aromatic N) is 2. The average molecular weight is 322 g/mol. The molecule has 0 radical (unpaired) electrons. The van der Waals surface area contributed by atoms with Gasteiger partial charge in [-0.05, 0) is 60.7 Å². The maximum atomic E-state index is 12.5. The zero-order valence-corrected chi connectivity index (χ0v) is 13.8. The standard InChI is InChI=1S/C20H22N2O2/c23-19(21-9-1-2-10-21)17-7-5-16-14-18(8-6-15(16)13-17)20(24)22-11-3-4-12-22/h5-8,13-14H,1-4,9-12H2. The van der Waals surface area contributed by atoms with E-state index in [2.05, 4.69) is 0 Å². The predicted octanol–water partition coefficient (Wildman–Crippen LogP) is 3.31. The van der Waals surface area contributed by atoms with Gasteiger partial charge in [-0.3, -0.25) is 9.59 Å². The van der Waals surface area contributed by atoms with E-state index in [1.165, 1.54) is 0 Å². The molecular formula is C20H22N2O2. The zero-order chi connectivity index (χ0) is 16.5. The van der Waals surface area contributed by atoms with Crippen molar-refractivity contribution in [3.05, 3.63) is 47.5 Å². The molecule has 0 saturated carbocycles. The number of carbonyl (C=O) groups excluding carboxylic acids is 2. The van der Waals surface area contributed by atoms with Gasteiger partial charge in [0, 0.05) is 37.3 Å². The van der Waals surface area contributed by atoms with Gasteiger partial charge in [0.1, 0.15) is 0 Å². The van der Waals surface area contributed by atoms with Gasteiger partial charge in [-0.1, -0.05) is 12.1 Å². The molecule has 24 heavy (non-hydrogen) atoms. The lowest BCUT2D eigenvalue weighted by molar-refractivity contribution is 0.0785. The number of amides is 2. The Morgan fingerprint density at radius 2 is 1.00 bits per heavy atom. The Morgan fingerprint density at radius 1 is 0.625 bits per heavy atom. The first-order valence-corrected chi connectivity index (χ1v) is 8.85. The van der Waals surface area contributed by atoms with Gasteiger partial charge in [0.25, 0.3) is 11.8 Å². The van der Waals surface area contributed by atoms with Gasteiger partial charge in [-0.15, -0.1) is 0 Å². The topological polar surface area (TPSA) is 40.6 Å². The summed E-state index contributed by atoms with van der Waals surface area (Å²) in [6.45, 7) is 3.45. The van der Waals surface area contributed by atoms with Crippen molar-refractivity contribution in [3.63, 3.8) is 0 Å². The van der Waals surface area contributed by atoms with Crippen LogP contribution in [0.4, 0.5) is 0 Å². The molecule has 0 aromatic heterocycles. The molecule has 2 heterocycles. The number of carbonyl (C=O) groups is 2. The normalized spacial score (nSPS) is 17.7. The molecule has 0 aliphatic carbocycles. The SMILES string of the molecule is O=C(c1ccc2cc(C(=O)N3CCCC3)ccc2c1)N1CCCC1. The summed E-state index contributed by atoms with van der Waals surface area (Å²) >= 11 is 0. The molecule has 2 aromatic rings. The molecule has 0 spiro atoms. The highest BCUT2D eigenvalue weighted by atomic mass is 16.2. The molecule has 4 nitrogen and oxygen atoms in total. The Kier molecular flexibility index (Phi) is 3.97. The Balaban J connectivity index is 1.60. The first kappa shape index (κ1) is 15.2. The minimum Gasteiger partial charge on any atom is -0.339 e. The Hall–Kier alpha value is -2.36. The summed E-state index contributed by atoms with van der Waals surface area (Å²) in [5, 5.41) is 2.02. The fraction of sp³-hybridized carbons (Fsp3) is 0.400. The molecule has 0 bridgehead atoms. The molecule has 0 N–H and O–H groups in total. The second-order valence-corrected chi connectivity index (χ2v) is 6.78. The molecule has 2 saturated heterocycles. The van der Waals surface area contributed by atoms with Crippen molar-refractivity contribution < 1.29 is 9.59 Å². The minimum atomic E-state index is 0.117. The number of likely N-dealkylation sites (tertiary alicyclic amines) is 2. The van der Waals surface area contributed by atoms with Crippen LogP contribution in [0.25, 0.3) is 10.8 Å². The molecule has 0 unspecified atom stereocenters. The Labute approximate surface area is 142 Å². The predicted molar refractivity (Wildman–Crippen MR) is 94.2 cm³/mol. The molecule has 2 amide bonds. The van der Waals surface area contributed by atoms with Gasteiger partial charge in [-0.2, -0.15) is 0 Å². The average Bonchev–Trinajstić information content (AvgIpc) is 3.33. The fourth-order valence-corrected chi connectivity index (χ4v) is 3.72. The summed E-state index contributed by atoms with van der Waals surface area (Å²) in [5.74, 6) is 0.234. The van der Waals surface area contributed by atoms with Crippen LogP contribution >= 0.6 is 0 Å². The smallest absolute Gasteiger partial charge is 0.253 e. The van der Waals surface area contributed by atoms with Crippen LogP contribution in [0.5, 0.6) is 0 Å². The summed E-state index contributed by atoms with van der Waals surface area (Å²) in [6, 6.07) is 11.6. The van der Waals surface area contributed by atoms with E-state index in [1.54, 1.807) is 0 Å². The maximum absolute atomic E-state index is 12.5. The third-order valence-corrected chi connectivity index (χ3v) is 5.12. The molecular weight excluding hydrogens is 300 g/mol. The lowest BCUT2D eigenvalue weighted by Gasteiger charge is -2.16. The summed E-state index contributed by atoms with van der Waals surface area (Å²) in [5.41, 5.74) is 1.48. The van der Waals surface area contributed by atoms with Gasteiger partial charge >= 0.3 is 0 Å². The monoisotopic (exact) mass is 322 g/mol. The van der Waals surface area contributed by atoms with Gasteiger partial charge < -0.3 is 9.80 Å². The van der Waals surface area contributed by atoms with Crippen molar-refractivity contribution >= 4 is 22.6 Å². The quantitative estimate of drug-likeness (QED) is 0.851. The second-order valence-electron chi connectivity index (χ2n) is 6.78. The lowest BCUT2D eigenvalue weighted by Crippen LogP contribution is -2.27. The van der Waals surface area contributed by atoms with E-state index in [4.69, 9.17) is 0 Å². The van der Waals surface area contributed by atoms with Crippen molar-refractivity contribution in [1.29, 1.82) is 0 Å². The fourth-order valence-electron chi connectivity index (χ4n) is 3.72. The van der Waals surface area contributed by atoms with Crippen molar-refractivity contribution in [3.8, 4) is 0 Å². The zero-order valence-electron chi connectivity index (χ0n) is 13.8. The minimum absolute atomic E-state index is 0.117. The van der Waals surface area contributed by atoms with Crippen LogP contribution in [0.15, 0.2) is 36.4 Å². The number of hydrogen-bond donors (Lipinski definition) is 0. The largest absolute Gasteiger partial charge is 0.339 e. The third-order valence-electron chi connectivity index (χ3n) is 5.12. The second kappa shape index (κ2) is 6.27. The van der Waals surface area contributed by atoms with Crippen LogP contribution in [0.1, 0.15) is 46.4 Å². The number of hydrogen-bond acceptors (Lipinski definition) is 2. The molecule has 2 aromatic carbocycles. The lowest BCUT2D eigenvalue weighted by atomic mass is 10.0. The van der Waals surface area contributed by atoms with Crippen LogP contribution < -0.4 is 0 Å². The van der Waals surface area contributed by atoms with Crippen molar-refractivity contribution in [2.75, 3.05) is 26.2 Å². The van der Waals surface area contributed by atoms with E-state index in [9.17, 15) is 9.59 Å². The molecule has 124 valence electrons. The highest BCUT2D eigenvalue weighted by molar-refractivity contribution is 6.02. The summed E-state index contributed by atoms with van der Waals surface area (Å²) in [6.07, 6.45) is 4.39. The number of fused-ring (bicyclic) bond motifs is 1. The summed E-state index contributed by atoms with van der Waals surface area (Å²) in [7, 11) is 0. The van der Waals surface area contributed by atoms with E-state index in [1.807, 2.05) is 46.2 Å². The van der Waals surface area contributed by atoms with Crippen molar-refractivity contribution in [2.45, 2.75) is 25.7 Å². The van der Waals surface area contributed by atoms with E-state index < -0.39 is 0 Å². The molecule has 4 rings (SSSR count). The van der Waals surface area contributed by atoms with Crippen molar-refractivity contribution in [1.82, 2.24) is 9.80 Å². The summed E-state index contributed by atoms with van der Waals surface area (Å²) in [4.78, 5) is 28.9. The first-order valence-electron chi connectivity index (χ1n) is 8.85. The highest BCUT2D eigenvalue weighted by Crippen LogP contribution is 2.22. The van der Waals surface area contributed by atoms with Gasteiger partial charge in [0.2, 0.25) is 0 Å². The number of rotatable bonds is 2. The van der Waals surface area contributed by atoms with E-state index in [0.717, 1.165) is 73.8 Å². The van der Waals surface area contributed by atoms with Crippen LogP contribution in [-0.4, -0.2) is 47.8 Å². The molecule has 2 aliphatic heterocycles. The third kappa shape index (κ3) is 2.77. The van der Waals surface area contributed by atoms with Crippen molar-refractivity contribution in [2.24, 2.45) is 0 Å². The van der Waals surface area contributed by atoms with Gasteiger partial charge in [-0.25, -0.2) is 0 Å². The number of benzene rings is 2. The van der Waals surface area contributed by atoms with Crippen LogP contribution in [0.3, 0.4) is 0 Å². The van der Waals surface area contributed by atoms with Crippen LogP contribution in [-0.2, 0) is 0 Å². The molecule has 4 heteroatoms. The van der Waals surface area contributed by atoms with E-state index in [0.29, 0.717) is 0 Å². The van der Waals surface area contributed by atoms with E-state index >= 15 is 0 Å². The molecule has 2 fully saturated rings. The Bertz CT molecular complexity index is 720.